The van der Waals surface area contributed by atoms with Crippen LogP contribution in [0.2, 0.25) is 5.02 Å². The maximum Gasteiger partial charge on any atom is 0.267 e. The fourth-order valence-electron chi connectivity index (χ4n) is 4.70. The second-order valence-corrected chi connectivity index (χ2v) is 11.3. The van der Waals surface area contributed by atoms with Gasteiger partial charge in [0, 0.05) is 10.9 Å². The van der Waals surface area contributed by atoms with Crippen LogP contribution in [0.25, 0.3) is 0 Å². The summed E-state index contributed by atoms with van der Waals surface area (Å²) in [6.07, 6.45) is 9.62. The summed E-state index contributed by atoms with van der Waals surface area (Å²) in [6, 6.07) is 2.09. The zero-order chi connectivity index (χ0) is 21.2. The van der Waals surface area contributed by atoms with E-state index < -0.39 is 27.3 Å². The van der Waals surface area contributed by atoms with Crippen molar-refractivity contribution in [3.63, 3.8) is 0 Å². The monoisotopic (exact) mass is 465 g/mol. The van der Waals surface area contributed by atoms with Crippen molar-refractivity contribution in [1.82, 2.24) is 4.72 Å². The van der Waals surface area contributed by atoms with Crippen molar-refractivity contribution in [2.24, 2.45) is 11.8 Å². The Morgan fingerprint density at radius 2 is 2.14 bits per heavy atom. The lowest BCUT2D eigenvalue weighted by molar-refractivity contribution is 0.0977. The number of benzene rings is 1. The van der Waals surface area contributed by atoms with Crippen LogP contribution in [-0.4, -0.2) is 32.1 Å². The molecule has 2 aliphatic rings. The highest BCUT2D eigenvalue weighted by atomic mass is 35.5. The highest BCUT2D eigenvalue weighted by molar-refractivity contribution is 7.89. The first kappa shape index (κ1) is 22.6. The van der Waals surface area contributed by atoms with Crippen molar-refractivity contribution < 1.29 is 22.3 Å². The van der Waals surface area contributed by atoms with Crippen LogP contribution in [0.1, 0.15) is 61.7 Å². The van der Waals surface area contributed by atoms with Gasteiger partial charge in [0.15, 0.2) is 0 Å². The molecule has 1 N–H and O–H groups in total. The second kappa shape index (κ2) is 8.98. The van der Waals surface area contributed by atoms with Crippen LogP contribution in [0.5, 0.6) is 5.75 Å². The third-order valence-corrected chi connectivity index (χ3v) is 7.12. The first-order valence-corrected chi connectivity index (χ1v) is 12.5. The van der Waals surface area contributed by atoms with Gasteiger partial charge in [0.2, 0.25) is 10.0 Å². The lowest BCUT2D eigenvalue weighted by atomic mass is 9.66. The van der Waals surface area contributed by atoms with E-state index in [0.717, 1.165) is 56.4 Å². The fraction of sp³-hybridized carbons (Fsp3) is 0.650. The molecule has 3 atom stereocenters. The number of sulfonamides is 1. The first-order chi connectivity index (χ1) is 13.5. The zero-order valence-corrected chi connectivity index (χ0v) is 18.7. The van der Waals surface area contributed by atoms with Crippen LogP contribution in [-0.2, 0) is 10.0 Å². The van der Waals surface area contributed by atoms with Crippen molar-refractivity contribution in [1.29, 1.82) is 0 Å². The van der Waals surface area contributed by atoms with Gasteiger partial charge in [0.25, 0.3) is 5.91 Å². The number of halogens is 3. The molecule has 162 valence electrons. The Kier molecular flexibility index (Phi) is 7.01. The second-order valence-electron chi connectivity index (χ2n) is 8.38. The highest BCUT2D eigenvalue weighted by Gasteiger charge is 2.41. The van der Waals surface area contributed by atoms with Gasteiger partial charge in [-0.25, -0.2) is 17.5 Å². The molecule has 29 heavy (non-hydrogen) atoms. The molecule has 9 heteroatoms. The summed E-state index contributed by atoms with van der Waals surface area (Å²) in [6.45, 7) is 0.379. The molecule has 2 fully saturated rings. The van der Waals surface area contributed by atoms with Gasteiger partial charge in [-0.3, -0.25) is 4.79 Å². The minimum absolute atomic E-state index is 0.0263. The summed E-state index contributed by atoms with van der Waals surface area (Å²) < 4.78 is 43.8. The average Bonchev–Trinajstić information content (AvgIpc) is 2.58. The van der Waals surface area contributed by atoms with Gasteiger partial charge in [-0.05, 0) is 56.4 Å². The molecule has 1 amide bonds. The largest absolute Gasteiger partial charge is 0.492 e. The molecule has 0 aliphatic heterocycles. The van der Waals surface area contributed by atoms with Gasteiger partial charge in [-0.2, -0.15) is 0 Å². The standard InChI is InChI=1S/C20H26Cl2FNO4S/c1-29(26,27)24-19(25)15-9-16(21)18(10-17(15)23)28-7-3-5-14-8-13-4-2-6-20(22,11-13)12-14/h9-10,13-14H,2-8,11-12H2,1H3,(H,24,25). The number of fused-ring (bicyclic) bond motifs is 2. The SMILES string of the molecule is CS(=O)(=O)NC(=O)c1cc(Cl)c(OCCCC2CC3CCCC(Cl)(C2)C3)cc1F. The molecule has 3 rings (SSSR count). The maximum atomic E-state index is 14.2. The number of amides is 1. The smallest absolute Gasteiger partial charge is 0.267 e. The molecule has 1 aromatic carbocycles. The molecule has 3 unspecified atom stereocenters. The maximum absolute atomic E-state index is 14.2. The molecule has 0 radical (unpaired) electrons. The predicted octanol–water partition coefficient (Wildman–Crippen LogP) is 4.91. The minimum Gasteiger partial charge on any atom is -0.492 e. The molecule has 0 heterocycles. The van der Waals surface area contributed by atoms with Crippen LogP contribution >= 0.6 is 23.2 Å². The fourth-order valence-corrected chi connectivity index (χ4v) is 5.93. The van der Waals surface area contributed by atoms with Crippen LogP contribution in [0.15, 0.2) is 12.1 Å². The van der Waals surface area contributed by atoms with Crippen molar-refractivity contribution in [3.05, 3.63) is 28.5 Å². The molecule has 0 spiro atoms. The van der Waals surface area contributed by atoms with Crippen LogP contribution in [0.3, 0.4) is 0 Å². The highest BCUT2D eigenvalue weighted by Crippen LogP contribution is 2.50. The molecule has 2 saturated carbocycles. The number of hydrogen-bond donors (Lipinski definition) is 1. The first-order valence-electron chi connectivity index (χ1n) is 9.87. The van der Waals surface area contributed by atoms with Crippen molar-refractivity contribution in [3.8, 4) is 5.75 Å². The topological polar surface area (TPSA) is 72.5 Å². The molecular formula is C20H26Cl2FNO4S. The van der Waals surface area contributed by atoms with Crippen LogP contribution in [0.4, 0.5) is 4.39 Å². The van der Waals surface area contributed by atoms with E-state index in [-0.39, 0.29) is 15.6 Å². The summed E-state index contributed by atoms with van der Waals surface area (Å²) in [7, 11) is -3.80. The van der Waals surface area contributed by atoms with E-state index >= 15 is 0 Å². The lowest BCUT2D eigenvalue weighted by Crippen LogP contribution is -2.38. The van der Waals surface area contributed by atoms with Crippen LogP contribution in [0, 0.1) is 17.7 Å². The zero-order valence-electron chi connectivity index (χ0n) is 16.3. The summed E-state index contributed by atoms with van der Waals surface area (Å²) >= 11 is 12.9. The quantitative estimate of drug-likeness (QED) is 0.458. The van der Waals surface area contributed by atoms with Gasteiger partial charge < -0.3 is 4.74 Å². The van der Waals surface area contributed by atoms with E-state index in [1.54, 1.807) is 4.72 Å². The summed E-state index contributed by atoms with van der Waals surface area (Å²) in [4.78, 5) is 11.8. The Labute approximate surface area is 181 Å². The van der Waals surface area contributed by atoms with E-state index in [1.165, 1.54) is 19.3 Å². The van der Waals surface area contributed by atoms with Crippen molar-refractivity contribution in [2.75, 3.05) is 12.9 Å². The molecule has 2 aliphatic carbocycles. The third-order valence-electron chi connectivity index (χ3n) is 5.77. The van der Waals surface area contributed by atoms with Crippen LogP contribution < -0.4 is 9.46 Å². The van der Waals surface area contributed by atoms with E-state index in [2.05, 4.69) is 0 Å². The molecule has 1 aromatic rings. The van der Waals surface area contributed by atoms with E-state index in [0.29, 0.717) is 12.5 Å². The Morgan fingerprint density at radius 1 is 1.38 bits per heavy atom. The Hall–Kier alpha value is -1.05. The van der Waals surface area contributed by atoms with Gasteiger partial charge in [-0.1, -0.05) is 24.4 Å². The summed E-state index contributed by atoms with van der Waals surface area (Å²) in [5, 5.41) is 0.0527. The van der Waals surface area contributed by atoms with E-state index in [1.807, 2.05) is 0 Å². The molecule has 5 nitrogen and oxygen atoms in total. The predicted molar refractivity (Wildman–Crippen MR) is 112 cm³/mol. The van der Waals surface area contributed by atoms with Gasteiger partial charge in [0.05, 0.1) is 23.4 Å². The summed E-state index contributed by atoms with van der Waals surface area (Å²) in [5.74, 6) is -0.514. The third kappa shape index (κ3) is 6.22. The molecule has 0 aromatic heterocycles. The van der Waals surface area contributed by atoms with E-state index in [9.17, 15) is 17.6 Å². The van der Waals surface area contributed by atoms with Gasteiger partial charge in [0.1, 0.15) is 11.6 Å². The number of rotatable bonds is 7. The number of nitrogens with one attached hydrogen (secondary N) is 1. The molecule has 2 bridgehead atoms. The average molecular weight is 466 g/mol. The number of ether oxygens (including phenoxy) is 1. The minimum atomic E-state index is -3.80. The normalized spacial score (nSPS) is 26.8. The number of hydrogen-bond acceptors (Lipinski definition) is 4. The van der Waals surface area contributed by atoms with E-state index in [4.69, 9.17) is 27.9 Å². The lowest BCUT2D eigenvalue weighted by Gasteiger charge is -2.44. The van der Waals surface area contributed by atoms with Gasteiger partial charge in [-0.15, -0.1) is 11.6 Å². The molecular weight excluding hydrogens is 440 g/mol. The number of alkyl halides is 1. The summed E-state index contributed by atoms with van der Waals surface area (Å²) in [5.41, 5.74) is -0.450. The Balaban J connectivity index is 1.52. The number of carbonyl (C=O) groups is 1. The molecule has 0 saturated heterocycles. The van der Waals surface area contributed by atoms with Crippen molar-refractivity contribution >= 4 is 39.1 Å². The van der Waals surface area contributed by atoms with Gasteiger partial charge >= 0.3 is 0 Å². The van der Waals surface area contributed by atoms with Crippen molar-refractivity contribution in [2.45, 2.75) is 56.2 Å². The Bertz CT molecular complexity index is 879. The number of carbonyl (C=O) groups excluding carboxylic acids is 1. The Morgan fingerprint density at radius 3 is 2.83 bits per heavy atom.